The Morgan fingerprint density at radius 2 is 2.17 bits per heavy atom. The minimum atomic E-state index is -0.286. The summed E-state index contributed by atoms with van der Waals surface area (Å²) in [7, 11) is 0. The Labute approximate surface area is 108 Å². The zero-order valence-corrected chi connectivity index (χ0v) is 10.8. The summed E-state index contributed by atoms with van der Waals surface area (Å²) >= 11 is 0. The van der Waals surface area contributed by atoms with Crippen LogP contribution in [0.25, 0.3) is 0 Å². The molecule has 1 aliphatic carbocycles. The fourth-order valence-corrected chi connectivity index (χ4v) is 2.62. The quantitative estimate of drug-likeness (QED) is 0.876. The normalized spacial score (nSPS) is 23.7. The van der Waals surface area contributed by atoms with Crippen LogP contribution in [-0.4, -0.2) is 11.9 Å². The van der Waals surface area contributed by atoms with Crippen molar-refractivity contribution in [3.63, 3.8) is 0 Å². The summed E-state index contributed by atoms with van der Waals surface area (Å²) in [5.74, 6) is 0.265. The molecule has 0 radical (unpaired) electrons. The number of hydrogen-bond acceptors (Lipinski definition) is 1. The van der Waals surface area contributed by atoms with E-state index in [1.807, 2.05) is 0 Å². The predicted molar refractivity (Wildman–Crippen MR) is 69.7 cm³/mol. The van der Waals surface area contributed by atoms with E-state index in [9.17, 15) is 9.18 Å². The van der Waals surface area contributed by atoms with E-state index < -0.39 is 0 Å². The van der Waals surface area contributed by atoms with Crippen molar-refractivity contribution in [3.8, 4) is 0 Å². The Hall–Kier alpha value is -1.38. The Kier molecular flexibility index (Phi) is 4.34. The average molecular weight is 249 g/mol. The van der Waals surface area contributed by atoms with Gasteiger partial charge in [-0.25, -0.2) is 4.39 Å². The number of carbonyl (C=O) groups is 1. The first kappa shape index (κ1) is 13.1. The van der Waals surface area contributed by atoms with Gasteiger partial charge >= 0.3 is 0 Å². The molecule has 1 aromatic carbocycles. The van der Waals surface area contributed by atoms with Gasteiger partial charge in [-0.05, 0) is 36.5 Å². The third-order valence-corrected chi connectivity index (χ3v) is 3.71. The van der Waals surface area contributed by atoms with Crippen LogP contribution < -0.4 is 5.32 Å². The highest BCUT2D eigenvalue weighted by Gasteiger charge is 2.22. The molecule has 2 nitrogen and oxygen atoms in total. The second-order valence-electron chi connectivity index (χ2n) is 5.24. The molecule has 18 heavy (non-hydrogen) atoms. The van der Waals surface area contributed by atoms with Gasteiger partial charge in [0.1, 0.15) is 5.82 Å². The van der Waals surface area contributed by atoms with Crippen molar-refractivity contribution in [2.75, 3.05) is 0 Å². The minimum absolute atomic E-state index is 0.000602. The van der Waals surface area contributed by atoms with Gasteiger partial charge in [0, 0.05) is 6.04 Å². The average Bonchev–Trinajstić information content (AvgIpc) is 2.32. The number of hydrogen-bond donors (Lipinski definition) is 1. The van der Waals surface area contributed by atoms with E-state index in [2.05, 4.69) is 12.2 Å². The van der Waals surface area contributed by atoms with Crippen molar-refractivity contribution in [1.82, 2.24) is 5.32 Å². The molecule has 0 aromatic heterocycles. The summed E-state index contributed by atoms with van der Waals surface area (Å²) < 4.78 is 13.0. The molecule has 1 amide bonds. The van der Waals surface area contributed by atoms with Gasteiger partial charge in [-0.2, -0.15) is 0 Å². The Bertz CT molecular complexity index is 419. The molecule has 98 valence electrons. The van der Waals surface area contributed by atoms with Gasteiger partial charge in [-0.1, -0.05) is 31.9 Å². The summed E-state index contributed by atoms with van der Waals surface area (Å²) in [6.07, 6.45) is 4.97. The standard InChI is InChI=1S/C15H20FNO/c1-11-5-2-3-8-14(11)17-15(18)10-12-6-4-7-13(16)9-12/h4,6-7,9,11,14H,2-3,5,8,10H2,1H3,(H,17,18). The van der Waals surface area contributed by atoms with Crippen LogP contribution in [0.1, 0.15) is 38.2 Å². The van der Waals surface area contributed by atoms with Gasteiger partial charge in [-0.3, -0.25) is 4.79 Å². The van der Waals surface area contributed by atoms with E-state index in [1.54, 1.807) is 12.1 Å². The van der Waals surface area contributed by atoms with Gasteiger partial charge in [0.2, 0.25) is 5.91 Å². The SMILES string of the molecule is CC1CCCCC1NC(=O)Cc1cccc(F)c1. The molecule has 0 heterocycles. The summed E-state index contributed by atoms with van der Waals surface area (Å²) in [6, 6.07) is 6.53. The lowest BCUT2D eigenvalue weighted by Crippen LogP contribution is -2.41. The van der Waals surface area contributed by atoms with E-state index in [4.69, 9.17) is 0 Å². The maximum Gasteiger partial charge on any atom is 0.224 e. The molecular weight excluding hydrogens is 229 g/mol. The van der Waals surface area contributed by atoms with Crippen LogP contribution >= 0.6 is 0 Å². The lowest BCUT2D eigenvalue weighted by molar-refractivity contribution is -0.121. The highest BCUT2D eigenvalue weighted by Crippen LogP contribution is 2.23. The van der Waals surface area contributed by atoms with Crippen LogP contribution in [0.4, 0.5) is 4.39 Å². The van der Waals surface area contributed by atoms with Crippen LogP contribution in [0.15, 0.2) is 24.3 Å². The molecule has 3 heteroatoms. The summed E-state index contributed by atoms with van der Waals surface area (Å²) in [6.45, 7) is 2.19. The van der Waals surface area contributed by atoms with Crippen molar-refractivity contribution in [1.29, 1.82) is 0 Å². The number of nitrogens with one attached hydrogen (secondary N) is 1. The van der Waals surface area contributed by atoms with Gasteiger partial charge in [0.25, 0.3) is 0 Å². The first-order valence-corrected chi connectivity index (χ1v) is 6.69. The first-order valence-electron chi connectivity index (χ1n) is 6.69. The fraction of sp³-hybridized carbons (Fsp3) is 0.533. The van der Waals surface area contributed by atoms with E-state index in [1.165, 1.54) is 31.4 Å². The zero-order chi connectivity index (χ0) is 13.0. The van der Waals surface area contributed by atoms with Crippen molar-refractivity contribution in [2.45, 2.75) is 45.1 Å². The summed E-state index contributed by atoms with van der Waals surface area (Å²) in [5, 5.41) is 3.08. The molecule has 2 rings (SSSR count). The second-order valence-corrected chi connectivity index (χ2v) is 5.24. The monoisotopic (exact) mass is 249 g/mol. The Balaban J connectivity index is 1.88. The predicted octanol–water partition coefficient (Wildman–Crippen LogP) is 3.06. The topological polar surface area (TPSA) is 29.1 Å². The third-order valence-electron chi connectivity index (χ3n) is 3.71. The van der Waals surface area contributed by atoms with Crippen LogP contribution in [0.2, 0.25) is 0 Å². The fourth-order valence-electron chi connectivity index (χ4n) is 2.62. The molecule has 1 fully saturated rings. The second kappa shape index (κ2) is 5.98. The van der Waals surface area contributed by atoms with Crippen molar-refractivity contribution < 1.29 is 9.18 Å². The molecule has 1 aromatic rings. The molecule has 1 aliphatic rings. The Morgan fingerprint density at radius 1 is 1.39 bits per heavy atom. The van der Waals surface area contributed by atoms with Crippen LogP contribution in [0.3, 0.4) is 0 Å². The number of benzene rings is 1. The molecule has 1 N–H and O–H groups in total. The molecule has 0 bridgehead atoms. The number of halogens is 1. The van der Waals surface area contributed by atoms with Crippen LogP contribution in [0, 0.1) is 11.7 Å². The number of rotatable bonds is 3. The van der Waals surface area contributed by atoms with Gasteiger partial charge in [-0.15, -0.1) is 0 Å². The maximum absolute atomic E-state index is 13.0. The summed E-state index contributed by atoms with van der Waals surface area (Å²) in [5.41, 5.74) is 0.732. The maximum atomic E-state index is 13.0. The number of amides is 1. The van der Waals surface area contributed by atoms with Crippen LogP contribution in [0.5, 0.6) is 0 Å². The minimum Gasteiger partial charge on any atom is -0.353 e. The molecule has 1 saturated carbocycles. The first-order chi connectivity index (χ1) is 8.65. The lowest BCUT2D eigenvalue weighted by atomic mass is 9.86. The third kappa shape index (κ3) is 3.56. The smallest absolute Gasteiger partial charge is 0.224 e. The molecule has 2 atom stereocenters. The lowest BCUT2D eigenvalue weighted by Gasteiger charge is -2.29. The van der Waals surface area contributed by atoms with E-state index in [0.29, 0.717) is 12.0 Å². The summed E-state index contributed by atoms with van der Waals surface area (Å²) in [4.78, 5) is 11.9. The van der Waals surface area contributed by atoms with Crippen molar-refractivity contribution >= 4 is 5.91 Å². The highest BCUT2D eigenvalue weighted by atomic mass is 19.1. The largest absolute Gasteiger partial charge is 0.353 e. The van der Waals surface area contributed by atoms with E-state index in [0.717, 1.165) is 12.0 Å². The molecule has 2 unspecified atom stereocenters. The molecule has 0 aliphatic heterocycles. The van der Waals surface area contributed by atoms with Crippen LogP contribution in [-0.2, 0) is 11.2 Å². The molecule has 0 saturated heterocycles. The Morgan fingerprint density at radius 3 is 2.89 bits per heavy atom. The van der Waals surface area contributed by atoms with Gasteiger partial charge < -0.3 is 5.32 Å². The number of carbonyl (C=O) groups excluding carboxylic acids is 1. The highest BCUT2D eigenvalue weighted by molar-refractivity contribution is 5.78. The molecular formula is C15H20FNO. The molecule has 0 spiro atoms. The van der Waals surface area contributed by atoms with Crippen molar-refractivity contribution in [2.24, 2.45) is 5.92 Å². The zero-order valence-electron chi connectivity index (χ0n) is 10.8. The van der Waals surface area contributed by atoms with E-state index in [-0.39, 0.29) is 18.1 Å². The van der Waals surface area contributed by atoms with Gasteiger partial charge in [0.05, 0.1) is 6.42 Å². The van der Waals surface area contributed by atoms with Crippen molar-refractivity contribution in [3.05, 3.63) is 35.6 Å². The van der Waals surface area contributed by atoms with Gasteiger partial charge in [0.15, 0.2) is 0 Å². The van der Waals surface area contributed by atoms with E-state index >= 15 is 0 Å².